The number of anilines is 1. The number of benzene rings is 3. The topological polar surface area (TPSA) is 67.4 Å². The molecule has 0 unspecified atom stereocenters. The van der Waals surface area contributed by atoms with Crippen molar-refractivity contribution < 1.29 is 14.3 Å². The summed E-state index contributed by atoms with van der Waals surface area (Å²) in [5.74, 6) is -0.308. The maximum absolute atomic E-state index is 13.0. The number of amides is 2. The maximum atomic E-state index is 13.0. The number of hydrogen-bond acceptors (Lipinski definition) is 3. The van der Waals surface area contributed by atoms with Crippen molar-refractivity contribution in [1.29, 1.82) is 0 Å². The fourth-order valence-corrected chi connectivity index (χ4v) is 3.06. The van der Waals surface area contributed by atoms with Crippen molar-refractivity contribution in [2.45, 2.75) is 0 Å². The molecule has 0 aliphatic carbocycles. The van der Waals surface area contributed by atoms with Crippen molar-refractivity contribution in [2.75, 3.05) is 12.4 Å². The zero-order valence-electron chi connectivity index (χ0n) is 15.7. The quantitative estimate of drug-likeness (QED) is 0.526. The van der Waals surface area contributed by atoms with Gasteiger partial charge < -0.3 is 15.4 Å². The first-order chi connectivity index (χ1) is 14.1. The zero-order chi connectivity index (χ0) is 20.6. The molecule has 3 rings (SSSR count). The number of hydrogen-bond donors (Lipinski definition) is 2. The molecule has 6 heteroatoms. The van der Waals surface area contributed by atoms with Gasteiger partial charge in [0.25, 0.3) is 11.8 Å². The predicted molar refractivity (Wildman–Crippen MR) is 118 cm³/mol. The van der Waals surface area contributed by atoms with Gasteiger partial charge in [0.2, 0.25) is 0 Å². The first-order valence-electron chi connectivity index (χ1n) is 8.85. The largest absolute Gasteiger partial charge is 0.495 e. The number of para-hydroxylation sites is 2. The second-order valence-corrected chi connectivity index (χ2v) is 7.00. The van der Waals surface area contributed by atoms with E-state index in [-0.39, 0.29) is 11.6 Å². The minimum atomic E-state index is -0.459. The maximum Gasteiger partial charge on any atom is 0.272 e. The summed E-state index contributed by atoms with van der Waals surface area (Å²) >= 11 is 3.42. The van der Waals surface area contributed by atoms with E-state index in [0.717, 1.165) is 10.0 Å². The van der Waals surface area contributed by atoms with E-state index in [1.165, 1.54) is 7.11 Å². The summed E-state index contributed by atoms with van der Waals surface area (Å²) in [6.07, 6.45) is 1.62. The molecule has 3 aromatic rings. The fourth-order valence-electron chi connectivity index (χ4n) is 2.64. The van der Waals surface area contributed by atoms with E-state index < -0.39 is 5.91 Å². The summed E-state index contributed by atoms with van der Waals surface area (Å²) in [6, 6.07) is 23.2. The third-order valence-electron chi connectivity index (χ3n) is 4.04. The molecule has 0 fully saturated rings. The second kappa shape index (κ2) is 9.71. The Balaban J connectivity index is 1.91. The Morgan fingerprint density at radius 1 is 0.931 bits per heavy atom. The monoisotopic (exact) mass is 450 g/mol. The van der Waals surface area contributed by atoms with E-state index in [4.69, 9.17) is 4.74 Å². The Morgan fingerprint density at radius 3 is 2.38 bits per heavy atom. The van der Waals surface area contributed by atoms with Crippen molar-refractivity contribution in [1.82, 2.24) is 5.32 Å². The van der Waals surface area contributed by atoms with Gasteiger partial charge >= 0.3 is 0 Å². The van der Waals surface area contributed by atoms with Crippen LogP contribution in [0.4, 0.5) is 5.69 Å². The highest BCUT2D eigenvalue weighted by Gasteiger charge is 2.16. The van der Waals surface area contributed by atoms with Crippen molar-refractivity contribution in [3.05, 3.63) is 100 Å². The molecule has 29 heavy (non-hydrogen) atoms. The molecule has 5 nitrogen and oxygen atoms in total. The molecular formula is C23H19BrN2O3. The molecule has 0 aliphatic rings. The van der Waals surface area contributed by atoms with Gasteiger partial charge in [-0.3, -0.25) is 9.59 Å². The minimum Gasteiger partial charge on any atom is -0.495 e. The van der Waals surface area contributed by atoms with E-state index >= 15 is 0 Å². The lowest BCUT2D eigenvalue weighted by molar-refractivity contribution is -0.113. The molecule has 0 radical (unpaired) electrons. The van der Waals surface area contributed by atoms with Crippen LogP contribution in [0.3, 0.4) is 0 Å². The number of rotatable bonds is 6. The minimum absolute atomic E-state index is 0.114. The van der Waals surface area contributed by atoms with Crippen molar-refractivity contribution in [3.8, 4) is 5.75 Å². The van der Waals surface area contributed by atoms with Gasteiger partial charge in [-0.1, -0.05) is 58.4 Å². The van der Waals surface area contributed by atoms with Crippen LogP contribution < -0.4 is 15.4 Å². The van der Waals surface area contributed by atoms with Crippen LogP contribution >= 0.6 is 15.9 Å². The lowest BCUT2D eigenvalue weighted by atomic mass is 10.1. The van der Waals surface area contributed by atoms with Gasteiger partial charge in [-0.2, -0.15) is 0 Å². The molecule has 3 aromatic carbocycles. The molecular weight excluding hydrogens is 432 g/mol. The predicted octanol–water partition coefficient (Wildman–Crippen LogP) is 4.87. The number of methoxy groups -OCH3 is 1. The summed E-state index contributed by atoms with van der Waals surface area (Å²) in [6.45, 7) is 0. The van der Waals surface area contributed by atoms with Gasteiger partial charge in [-0.15, -0.1) is 0 Å². The molecule has 0 saturated carbocycles. The van der Waals surface area contributed by atoms with Crippen LogP contribution in [-0.2, 0) is 4.79 Å². The SMILES string of the molecule is COc1ccccc1NC(=O)C(=Cc1cccc(Br)c1)NC(=O)c1ccccc1. The molecule has 0 saturated heterocycles. The average molecular weight is 451 g/mol. The van der Waals surface area contributed by atoms with E-state index in [0.29, 0.717) is 17.0 Å². The highest BCUT2D eigenvalue weighted by molar-refractivity contribution is 9.10. The highest BCUT2D eigenvalue weighted by Crippen LogP contribution is 2.24. The Hall–Kier alpha value is -3.38. The van der Waals surface area contributed by atoms with Gasteiger partial charge in [0.15, 0.2) is 0 Å². The van der Waals surface area contributed by atoms with Gasteiger partial charge in [0.1, 0.15) is 11.4 Å². The molecule has 146 valence electrons. The average Bonchev–Trinajstić information content (AvgIpc) is 2.74. The van der Waals surface area contributed by atoms with Crippen LogP contribution in [0.2, 0.25) is 0 Å². The zero-order valence-corrected chi connectivity index (χ0v) is 17.3. The lowest BCUT2D eigenvalue weighted by Gasteiger charge is -2.13. The molecule has 0 heterocycles. The summed E-state index contributed by atoms with van der Waals surface area (Å²) in [7, 11) is 1.53. The molecule has 0 spiro atoms. The first kappa shape index (κ1) is 20.4. The number of ether oxygens (including phenoxy) is 1. The van der Waals surface area contributed by atoms with Crippen LogP contribution in [0.5, 0.6) is 5.75 Å². The Bertz CT molecular complexity index is 1050. The lowest BCUT2D eigenvalue weighted by Crippen LogP contribution is -2.30. The third-order valence-corrected chi connectivity index (χ3v) is 4.54. The van der Waals surface area contributed by atoms with Crippen molar-refractivity contribution in [3.63, 3.8) is 0 Å². The molecule has 0 aromatic heterocycles. The van der Waals surface area contributed by atoms with Crippen LogP contribution in [0, 0.1) is 0 Å². The second-order valence-electron chi connectivity index (χ2n) is 6.09. The molecule has 0 atom stereocenters. The van der Waals surface area contributed by atoms with Crippen molar-refractivity contribution >= 4 is 39.5 Å². The summed E-state index contributed by atoms with van der Waals surface area (Å²) in [5.41, 5.74) is 1.84. The Labute approximate surface area is 177 Å². The standard InChI is InChI=1S/C23H19BrN2O3/c1-29-21-13-6-5-12-19(21)25-23(28)20(15-16-8-7-11-18(24)14-16)26-22(27)17-9-3-2-4-10-17/h2-15H,1H3,(H,25,28)(H,26,27). The van der Waals surface area contributed by atoms with E-state index in [2.05, 4.69) is 26.6 Å². The molecule has 0 aliphatic heterocycles. The summed E-state index contributed by atoms with van der Waals surface area (Å²) in [4.78, 5) is 25.6. The Morgan fingerprint density at radius 2 is 1.66 bits per heavy atom. The van der Waals surface area contributed by atoms with Gasteiger partial charge in [-0.25, -0.2) is 0 Å². The van der Waals surface area contributed by atoms with Crippen molar-refractivity contribution in [2.24, 2.45) is 0 Å². The smallest absolute Gasteiger partial charge is 0.272 e. The Kier molecular flexibility index (Phi) is 6.81. The molecule has 2 amide bonds. The van der Waals surface area contributed by atoms with Crippen LogP contribution in [0.15, 0.2) is 89.0 Å². The van der Waals surface area contributed by atoms with E-state index in [1.54, 1.807) is 48.5 Å². The third kappa shape index (κ3) is 5.56. The highest BCUT2D eigenvalue weighted by atomic mass is 79.9. The fraction of sp³-hybridized carbons (Fsp3) is 0.0435. The van der Waals surface area contributed by atoms with Crippen LogP contribution in [0.25, 0.3) is 6.08 Å². The normalized spacial score (nSPS) is 10.9. The van der Waals surface area contributed by atoms with E-state index in [1.807, 2.05) is 36.4 Å². The number of halogens is 1. The van der Waals surface area contributed by atoms with Gasteiger partial charge in [0.05, 0.1) is 12.8 Å². The molecule has 2 N–H and O–H groups in total. The van der Waals surface area contributed by atoms with E-state index in [9.17, 15) is 9.59 Å². The first-order valence-corrected chi connectivity index (χ1v) is 9.64. The number of carbonyl (C=O) groups excluding carboxylic acids is 2. The number of nitrogens with one attached hydrogen (secondary N) is 2. The van der Waals surface area contributed by atoms with Gasteiger partial charge in [-0.05, 0) is 48.0 Å². The number of carbonyl (C=O) groups is 2. The van der Waals surface area contributed by atoms with Crippen LogP contribution in [0.1, 0.15) is 15.9 Å². The van der Waals surface area contributed by atoms with Crippen LogP contribution in [-0.4, -0.2) is 18.9 Å². The summed E-state index contributed by atoms with van der Waals surface area (Å²) < 4.78 is 6.15. The summed E-state index contributed by atoms with van der Waals surface area (Å²) in [5, 5.41) is 5.51. The van der Waals surface area contributed by atoms with Gasteiger partial charge in [0, 0.05) is 10.0 Å². The molecule has 0 bridgehead atoms.